The maximum Gasteiger partial charge on any atom is 0.159 e. The molecule has 0 bridgehead atoms. The van der Waals surface area contributed by atoms with Crippen LogP contribution in [0.2, 0.25) is 0 Å². The van der Waals surface area contributed by atoms with Crippen molar-refractivity contribution in [3.8, 4) is 0 Å². The van der Waals surface area contributed by atoms with E-state index in [1.807, 2.05) is 12.1 Å². The minimum Gasteiger partial charge on any atom is -0.369 e. The van der Waals surface area contributed by atoms with E-state index in [1.165, 1.54) is 5.69 Å². The van der Waals surface area contributed by atoms with E-state index in [0.29, 0.717) is 6.04 Å². The molecule has 1 fully saturated rings. The molecule has 4 heteroatoms. The molecule has 0 amide bonds. The summed E-state index contributed by atoms with van der Waals surface area (Å²) in [5, 5.41) is 3.54. The van der Waals surface area contributed by atoms with Crippen LogP contribution in [0.3, 0.4) is 0 Å². The number of carbonyl (C=O) groups excluding carboxylic acids is 1. The lowest BCUT2D eigenvalue weighted by molar-refractivity contribution is 0.101. The van der Waals surface area contributed by atoms with Crippen LogP contribution in [0.5, 0.6) is 0 Å². The van der Waals surface area contributed by atoms with Crippen molar-refractivity contribution in [3.63, 3.8) is 0 Å². The molecule has 0 aromatic heterocycles. The number of likely N-dealkylation sites (N-methyl/N-ethyl adjacent to an activating group) is 1. The SMILES string of the molecule is CC(=O)c1ccc(N2CCNC(CN(C)C)C2)cc1. The number of ketones is 1. The largest absolute Gasteiger partial charge is 0.369 e. The molecule has 0 radical (unpaired) electrons. The van der Waals surface area contributed by atoms with Crippen LogP contribution in [0.15, 0.2) is 24.3 Å². The molecule has 104 valence electrons. The minimum atomic E-state index is 0.123. The molecular weight excluding hydrogens is 238 g/mol. The normalized spacial score (nSPS) is 19.8. The molecule has 0 saturated carbocycles. The monoisotopic (exact) mass is 261 g/mol. The van der Waals surface area contributed by atoms with Gasteiger partial charge in [0.25, 0.3) is 0 Å². The Morgan fingerprint density at radius 2 is 2.05 bits per heavy atom. The van der Waals surface area contributed by atoms with Crippen LogP contribution < -0.4 is 10.2 Å². The number of rotatable bonds is 4. The van der Waals surface area contributed by atoms with Crippen LogP contribution in [-0.2, 0) is 0 Å². The van der Waals surface area contributed by atoms with Crippen LogP contribution in [0.25, 0.3) is 0 Å². The van der Waals surface area contributed by atoms with Crippen molar-refractivity contribution in [3.05, 3.63) is 29.8 Å². The average Bonchev–Trinajstić information content (AvgIpc) is 2.38. The molecule has 1 heterocycles. The highest BCUT2D eigenvalue weighted by molar-refractivity contribution is 5.94. The lowest BCUT2D eigenvalue weighted by Gasteiger charge is -2.36. The number of hydrogen-bond donors (Lipinski definition) is 1. The number of carbonyl (C=O) groups is 1. The Balaban J connectivity index is 2.02. The number of hydrogen-bond acceptors (Lipinski definition) is 4. The Hall–Kier alpha value is -1.39. The third-order valence-electron chi connectivity index (χ3n) is 3.48. The first-order chi connectivity index (χ1) is 9.06. The average molecular weight is 261 g/mol. The Bertz CT molecular complexity index is 428. The van der Waals surface area contributed by atoms with Gasteiger partial charge in [0.15, 0.2) is 5.78 Å². The van der Waals surface area contributed by atoms with Crippen molar-refractivity contribution in [1.82, 2.24) is 10.2 Å². The number of anilines is 1. The Kier molecular flexibility index (Phi) is 4.56. The van der Waals surface area contributed by atoms with Crippen molar-refractivity contribution < 1.29 is 4.79 Å². The highest BCUT2D eigenvalue weighted by atomic mass is 16.1. The Labute approximate surface area is 115 Å². The molecule has 2 rings (SSSR count). The summed E-state index contributed by atoms with van der Waals surface area (Å²) < 4.78 is 0. The third kappa shape index (κ3) is 3.78. The van der Waals surface area contributed by atoms with Crippen LogP contribution in [0.1, 0.15) is 17.3 Å². The van der Waals surface area contributed by atoms with E-state index in [-0.39, 0.29) is 5.78 Å². The molecule has 1 aromatic rings. The first kappa shape index (κ1) is 14.0. The second-order valence-electron chi connectivity index (χ2n) is 5.46. The lowest BCUT2D eigenvalue weighted by atomic mass is 10.1. The molecular formula is C15H23N3O. The number of Topliss-reactive ketones (excluding diaryl/α,β-unsaturated/α-hetero) is 1. The van der Waals surface area contributed by atoms with Gasteiger partial charge in [0, 0.05) is 43.5 Å². The molecule has 1 aliphatic heterocycles. The standard InChI is InChI=1S/C15H23N3O/c1-12(19)13-4-6-15(7-5-13)18-9-8-16-14(11-18)10-17(2)3/h4-7,14,16H,8-11H2,1-3H3. The van der Waals surface area contributed by atoms with Gasteiger partial charge in [0.1, 0.15) is 0 Å². The first-order valence-electron chi connectivity index (χ1n) is 6.80. The van der Waals surface area contributed by atoms with Crippen molar-refractivity contribution >= 4 is 11.5 Å². The van der Waals surface area contributed by atoms with E-state index >= 15 is 0 Å². The first-order valence-corrected chi connectivity index (χ1v) is 6.80. The summed E-state index contributed by atoms with van der Waals surface area (Å²) in [5.74, 6) is 0.123. The van der Waals surface area contributed by atoms with Gasteiger partial charge in [-0.25, -0.2) is 0 Å². The van der Waals surface area contributed by atoms with E-state index in [0.717, 1.165) is 31.7 Å². The van der Waals surface area contributed by atoms with E-state index in [4.69, 9.17) is 0 Å². The van der Waals surface area contributed by atoms with Crippen LogP contribution in [0.4, 0.5) is 5.69 Å². The summed E-state index contributed by atoms with van der Waals surface area (Å²) in [6.07, 6.45) is 0. The molecule has 0 spiro atoms. The molecule has 1 aliphatic rings. The smallest absolute Gasteiger partial charge is 0.159 e. The van der Waals surface area contributed by atoms with Gasteiger partial charge in [-0.15, -0.1) is 0 Å². The molecule has 1 aromatic carbocycles. The predicted molar refractivity (Wildman–Crippen MR) is 79.0 cm³/mol. The number of piperazine rings is 1. The van der Waals surface area contributed by atoms with Crippen molar-refractivity contribution in [2.24, 2.45) is 0 Å². The summed E-state index contributed by atoms with van der Waals surface area (Å²) >= 11 is 0. The maximum absolute atomic E-state index is 11.3. The van der Waals surface area contributed by atoms with Crippen LogP contribution >= 0.6 is 0 Å². The van der Waals surface area contributed by atoms with Gasteiger partial charge < -0.3 is 15.1 Å². The van der Waals surface area contributed by atoms with Gasteiger partial charge >= 0.3 is 0 Å². The topological polar surface area (TPSA) is 35.6 Å². The Morgan fingerprint density at radius 3 is 2.63 bits per heavy atom. The summed E-state index contributed by atoms with van der Waals surface area (Å²) in [6, 6.07) is 8.43. The van der Waals surface area contributed by atoms with Gasteiger partial charge in [-0.05, 0) is 45.3 Å². The molecule has 1 N–H and O–H groups in total. The number of nitrogens with one attached hydrogen (secondary N) is 1. The Morgan fingerprint density at radius 1 is 1.37 bits per heavy atom. The third-order valence-corrected chi connectivity index (χ3v) is 3.48. The molecule has 19 heavy (non-hydrogen) atoms. The maximum atomic E-state index is 11.3. The van der Waals surface area contributed by atoms with Crippen molar-refractivity contribution in [2.75, 3.05) is 45.2 Å². The quantitative estimate of drug-likeness (QED) is 0.827. The second-order valence-corrected chi connectivity index (χ2v) is 5.46. The molecule has 1 atom stereocenters. The lowest BCUT2D eigenvalue weighted by Crippen LogP contribution is -2.54. The molecule has 0 aliphatic carbocycles. The highest BCUT2D eigenvalue weighted by Gasteiger charge is 2.19. The fourth-order valence-electron chi connectivity index (χ4n) is 2.53. The molecule has 1 saturated heterocycles. The number of nitrogens with zero attached hydrogens (tertiary/aromatic N) is 2. The van der Waals surface area contributed by atoms with E-state index in [1.54, 1.807) is 6.92 Å². The van der Waals surface area contributed by atoms with E-state index in [9.17, 15) is 4.79 Å². The van der Waals surface area contributed by atoms with Gasteiger partial charge in [-0.2, -0.15) is 0 Å². The summed E-state index contributed by atoms with van der Waals surface area (Å²) in [7, 11) is 4.20. The van der Waals surface area contributed by atoms with Gasteiger partial charge in [-0.1, -0.05) is 0 Å². The minimum absolute atomic E-state index is 0.123. The van der Waals surface area contributed by atoms with Crippen molar-refractivity contribution in [1.29, 1.82) is 0 Å². The summed E-state index contributed by atoms with van der Waals surface area (Å²) in [6.45, 7) is 5.68. The summed E-state index contributed by atoms with van der Waals surface area (Å²) in [5.41, 5.74) is 1.99. The summed E-state index contributed by atoms with van der Waals surface area (Å²) in [4.78, 5) is 15.9. The molecule has 4 nitrogen and oxygen atoms in total. The fraction of sp³-hybridized carbons (Fsp3) is 0.533. The van der Waals surface area contributed by atoms with Crippen LogP contribution in [0, 0.1) is 0 Å². The fourth-order valence-corrected chi connectivity index (χ4v) is 2.53. The zero-order valence-corrected chi connectivity index (χ0v) is 12.0. The van der Waals surface area contributed by atoms with Gasteiger partial charge in [0.2, 0.25) is 0 Å². The number of benzene rings is 1. The second kappa shape index (κ2) is 6.17. The van der Waals surface area contributed by atoms with Crippen LogP contribution in [-0.4, -0.2) is 57.0 Å². The van der Waals surface area contributed by atoms with Gasteiger partial charge in [-0.3, -0.25) is 4.79 Å². The van der Waals surface area contributed by atoms with Gasteiger partial charge in [0.05, 0.1) is 0 Å². The highest BCUT2D eigenvalue weighted by Crippen LogP contribution is 2.17. The van der Waals surface area contributed by atoms with Crippen molar-refractivity contribution in [2.45, 2.75) is 13.0 Å². The zero-order valence-electron chi connectivity index (χ0n) is 12.0. The zero-order chi connectivity index (χ0) is 13.8. The molecule has 1 unspecified atom stereocenters. The van der Waals surface area contributed by atoms with E-state index in [2.05, 4.69) is 41.3 Å². The van der Waals surface area contributed by atoms with E-state index < -0.39 is 0 Å². The predicted octanol–water partition coefficient (Wildman–Crippen LogP) is 1.23.